The van der Waals surface area contributed by atoms with E-state index in [0.717, 1.165) is 12.8 Å². The fourth-order valence-corrected chi connectivity index (χ4v) is 4.48. The number of hydrogen-bond donors (Lipinski definition) is 1. The molecule has 1 heterocycles. The monoisotopic (exact) mass is 379 g/mol. The first-order valence-corrected chi connectivity index (χ1v) is 9.95. The molecule has 0 aromatic heterocycles. The molecular formula is C23H25NO4. The third-order valence-electron chi connectivity index (χ3n) is 5.88. The summed E-state index contributed by atoms with van der Waals surface area (Å²) in [6, 6.07) is 16.6. The summed E-state index contributed by atoms with van der Waals surface area (Å²) in [5.41, 5.74) is 4.83. The molecule has 0 saturated carbocycles. The second-order valence-electron chi connectivity index (χ2n) is 7.69. The Morgan fingerprint density at radius 1 is 1.04 bits per heavy atom. The van der Waals surface area contributed by atoms with Gasteiger partial charge in [0.15, 0.2) is 0 Å². The molecule has 146 valence electrons. The highest BCUT2D eigenvalue weighted by atomic mass is 16.6. The molecule has 2 aliphatic rings. The van der Waals surface area contributed by atoms with Crippen LogP contribution in [-0.2, 0) is 9.53 Å². The van der Waals surface area contributed by atoms with E-state index in [0.29, 0.717) is 26.1 Å². The zero-order chi connectivity index (χ0) is 19.5. The van der Waals surface area contributed by atoms with E-state index in [1.807, 2.05) is 24.3 Å². The predicted molar refractivity (Wildman–Crippen MR) is 106 cm³/mol. The van der Waals surface area contributed by atoms with Crippen molar-refractivity contribution in [2.75, 3.05) is 19.7 Å². The van der Waals surface area contributed by atoms with Gasteiger partial charge < -0.3 is 14.7 Å². The van der Waals surface area contributed by atoms with Gasteiger partial charge in [-0.2, -0.15) is 0 Å². The number of benzene rings is 2. The van der Waals surface area contributed by atoms with Gasteiger partial charge in [0.25, 0.3) is 0 Å². The second-order valence-corrected chi connectivity index (χ2v) is 7.69. The van der Waals surface area contributed by atoms with Gasteiger partial charge in [-0.25, -0.2) is 4.79 Å². The van der Waals surface area contributed by atoms with Crippen molar-refractivity contribution in [3.8, 4) is 11.1 Å². The molecule has 0 spiro atoms. The molecule has 1 amide bonds. The Bertz CT molecular complexity index is 833. The van der Waals surface area contributed by atoms with Crippen LogP contribution in [-0.4, -0.2) is 41.8 Å². The van der Waals surface area contributed by atoms with Crippen LogP contribution in [0.2, 0.25) is 0 Å². The van der Waals surface area contributed by atoms with Crippen LogP contribution in [0.4, 0.5) is 4.79 Å². The maximum absolute atomic E-state index is 12.6. The highest BCUT2D eigenvalue weighted by Gasteiger charge is 2.30. The number of hydrogen-bond acceptors (Lipinski definition) is 3. The van der Waals surface area contributed by atoms with Gasteiger partial charge in [-0.1, -0.05) is 48.5 Å². The van der Waals surface area contributed by atoms with E-state index >= 15 is 0 Å². The van der Waals surface area contributed by atoms with Crippen molar-refractivity contribution in [3.63, 3.8) is 0 Å². The Hall–Kier alpha value is -2.82. The Morgan fingerprint density at radius 3 is 2.32 bits per heavy atom. The Kier molecular flexibility index (Phi) is 5.33. The van der Waals surface area contributed by atoms with Crippen LogP contribution < -0.4 is 0 Å². The largest absolute Gasteiger partial charge is 0.481 e. The number of aliphatic carboxylic acids is 1. The number of ether oxygens (including phenoxy) is 1. The fraction of sp³-hybridized carbons (Fsp3) is 0.391. The molecule has 5 heteroatoms. The number of likely N-dealkylation sites (tertiary alicyclic amines) is 1. The highest BCUT2D eigenvalue weighted by molar-refractivity contribution is 5.79. The Morgan fingerprint density at radius 2 is 1.68 bits per heavy atom. The van der Waals surface area contributed by atoms with Gasteiger partial charge in [-0.3, -0.25) is 4.79 Å². The van der Waals surface area contributed by atoms with Crippen LogP contribution in [0, 0.1) is 5.92 Å². The number of carboxylic acids is 1. The normalized spacial score (nSPS) is 18.4. The van der Waals surface area contributed by atoms with Crippen LogP contribution >= 0.6 is 0 Å². The lowest BCUT2D eigenvalue weighted by Crippen LogP contribution is -2.40. The predicted octanol–water partition coefficient (Wildman–Crippen LogP) is 4.51. The highest BCUT2D eigenvalue weighted by Crippen LogP contribution is 2.44. The lowest BCUT2D eigenvalue weighted by molar-refractivity contribution is -0.137. The summed E-state index contributed by atoms with van der Waals surface area (Å²) in [4.78, 5) is 25.2. The molecular weight excluding hydrogens is 354 g/mol. The molecule has 1 saturated heterocycles. The molecule has 1 aliphatic heterocycles. The second kappa shape index (κ2) is 8.05. The number of nitrogens with zero attached hydrogens (tertiary/aromatic N) is 1. The third-order valence-corrected chi connectivity index (χ3v) is 5.88. The Labute approximate surface area is 164 Å². The minimum Gasteiger partial charge on any atom is -0.481 e. The molecule has 1 atom stereocenters. The molecule has 28 heavy (non-hydrogen) atoms. The lowest BCUT2D eigenvalue weighted by Gasteiger charge is -2.32. The SMILES string of the molecule is O=C(O)CC[C@@H]1CCCN(C(=O)OCC2c3ccccc3-c3ccccc32)C1. The summed E-state index contributed by atoms with van der Waals surface area (Å²) in [5.74, 6) is -0.479. The number of piperidine rings is 1. The van der Waals surface area contributed by atoms with Crippen LogP contribution in [0.25, 0.3) is 11.1 Å². The maximum Gasteiger partial charge on any atom is 0.409 e. The van der Waals surface area contributed by atoms with Gasteiger partial charge in [0.1, 0.15) is 6.61 Å². The van der Waals surface area contributed by atoms with E-state index in [9.17, 15) is 9.59 Å². The quantitative estimate of drug-likeness (QED) is 0.830. The zero-order valence-corrected chi connectivity index (χ0v) is 15.8. The van der Waals surface area contributed by atoms with Crippen molar-refractivity contribution in [2.45, 2.75) is 31.6 Å². The van der Waals surface area contributed by atoms with E-state index in [1.54, 1.807) is 4.90 Å². The molecule has 4 rings (SSSR count). The van der Waals surface area contributed by atoms with Gasteiger partial charge in [0, 0.05) is 25.4 Å². The van der Waals surface area contributed by atoms with Crippen molar-refractivity contribution < 1.29 is 19.4 Å². The van der Waals surface area contributed by atoms with Crippen LogP contribution in [0.3, 0.4) is 0 Å². The zero-order valence-electron chi connectivity index (χ0n) is 15.8. The van der Waals surface area contributed by atoms with Gasteiger partial charge >= 0.3 is 12.1 Å². The van der Waals surface area contributed by atoms with E-state index in [2.05, 4.69) is 24.3 Å². The summed E-state index contributed by atoms with van der Waals surface area (Å²) in [5, 5.41) is 8.88. The summed E-state index contributed by atoms with van der Waals surface area (Å²) in [6.07, 6.45) is 2.35. The summed E-state index contributed by atoms with van der Waals surface area (Å²) in [6.45, 7) is 1.59. The molecule has 0 radical (unpaired) electrons. The molecule has 1 fully saturated rings. The lowest BCUT2D eigenvalue weighted by atomic mass is 9.94. The molecule has 0 bridgehead atoms. The van der Waals surface area contributed by atoms with Crippen LogP contribution in [0.15, 0.2) is 48.5 Å². The van der Waals surface area contributed by atoms with E-state index in [-0.39, 0.29) is 24.3 Å². The molecule has 2 aromatic carbocycles. The standard InChI is InChI=1S/C23H25NO4/c25-22(26)12-11-16-6-5-13-24(14-16)23(27)28-15-21-19-9-3-1-7-17(19)18-8-2-4-10-20(18)21/h1-4,7-10,16,21H,5-6,11-15H2,(H,25,26)/t16-/m0/s1. The van der Waals surface area contributed by atoms with Crippen molar-refractivity contribution in [3.05, 3.63) is 59.7 Å². The number of carboxylic acid groups (broad SMARTS) is 1. The number of amides is 1. The first kappa shape index (κ1) is 18.5. The average molecular weight is 379 g/mol. The summed E-state index contributed by atoms with van der Waals surface area (Å²) >= 11 is 0. The first-order valence-electron chi connectivity index (χ1n) is 9.95. The van der Waals surface area contributed by atoms with Gasteiger partial charge in [-0.05, 0) is 47.4 Å². The topological polar surface area (TPSA) is 66.8 Å². The van der Waals surface area contributed by atoms with E-state index in [4.69, 9.17) is 9.84 Å². The molecule has 5 nitrogen and oxygen atoms in total. The Balaban J connectivity index is 1.40. The number of rotatable bonds is 5. The van der Waals surface area contributed by atoms with Gasteiger partial charge in [0.2, 0.25) is 0 Å². The maximum atomic E-state index is 12.6. The van der Waals surface area contributed by atoms with Crippen LogP contribution in [0.1, 0.15) is 42.7 Å². The molecule has 0 unspecified atom stereocenters. The van der Waals surface area contributed by atoms with Crippen molar-refractivity contribution in [2.24, 2.45) is 5.92 Å². The first-order chi connectivity index (χ1) is 13.6. The summed E-state index contributed by atoms with van der Waals surface area (Å²) < 4.78 is 5.72. The average Bonchev–Trinajstić information content (AvgIpc) is 3.04. The molecule has 2 aromatic rings. The smallest absolute Gasteiger partial charge is 0.409 e. The van der Waals surface area contributed by atoms with Crippen molar-refractivity contribution >= 4 is 12.1 Å². The van der Waals surface area contributed by atoms with Crippen LogP contribution in [0.5, 0.6) is 0 Å². The van der Waals surface area contributed by atoms with Crippen molar-refractivity contribution in [1.82, 2.24) is 4.90 Å². The molecule has 1 aliphatic carbocycles. The number of carbonyl (C=O) groups is 2. The fourth-order valence-electron chi connectivity index (χ4n) is 4.48. The number of fused-ring (bicyclic) bond motifs is 3. The van der Waals surface area contributed by atoms with E-state index < -0.39 is 5.97 Å². The minimum absolute atomic E-state index is 0.0592. The van der Waals surface area contributed by atoms with Gasteiger partial charge in [0.05, 0.1) is 0 Å². The van der Waals surface area contributed by atoms with E-state index in [1.165, 1.54) is 22.3 Å². The number of carbonyl (C=O) groups excluding carboxylic acids is 1. The van der Waals surface area contributed by atoms with Crippen molar-refractivity contribution in [1.29, 1.82) is 0 Å². The minimum atomic E-state index is -0.779. The third kappa shape index (κ3) is 3.75. The van der Waals surface area contributed by atoms with Gasteiger partial charge in [-0.15, -0.1) is 0 Å². The summed E-state index contributed by atoms with van der Waals surface area (Å²) in [7, 11) is 0. The molecule has 1 N–H and O–H groups in total.